The largest absolute Gasteiger partial charge is 0.438 e. The average Bonchev–Trinajstić information content (AvgIpc) is 3.02. The Morgan fingerprint density at radius 3 is 2.60 bits per heavy atom. The van der Waals surface area contributed by atoms with E-state index in [1.807, 2.05) is 12.1 Å². The molecule has 2 aromatic carbocycles. The number of nitrogens with zero attached hydrogens (tertiary/aromatic N) is 2. The molecule has 5 nitrogen and oxygen atoms in total. The molecule has 30 heavy (non-hydrogen) atoms. The van der Waals surface area contributed by atoms with E-state index in [2.05, 4.69) is 52.3 Å². The number of likely N-dealkylation sites (tertiary alicyclic amines) is 1. The first-order valence-corrected chi connectivity index (χ1v) is 10.5. The van der Waals surface area contributed by atoms with Crippen LogP contribution in [0.2, 0.25) is 0 Å². The van der Waals surface area contributed by atoms with Crippen LogP contribution < -0.4 is 10.5 Å². The van der Waals surface area contributed by atoms with Crippen molar-refractivity contribution in [2.75, 3.05) is 13.1 Å². The molecule has 0 saturated carbocycles. The maximum Gasteiger partial charge on any atom is 0.254 e. The van der Waals surface area contributed by atoms with Crippen molar-refractivity contribution in [3.63, 3.8) is 0 Å². The van der Waals surface area contributed by atoms with Gasteiger partial charge in [0.15, 0.2) is 0 Å². The lowest BCUT2D eigenvalue weighted by Crippen LogP contribution is -2.27. The molecular weight excluding hydrogens is 374 g/mol. The van der Waals surface area contributed by atoms with E-state index in [-0.39, 0.29) is 11.4 Å². The molecule has 5 heteroatoms. The Bertz CT molecular complexity index is 973. The Balaban J connectivity index is 1.41. The molecule has 1 unspecified atom stereocenters. The van der Waals surface area contributed by atoms with Crippen LogP contribution in [0.5, 0.6) is 11.6 Å². The molecule has 1 amide bonds. The van der Waals surface area contributed by atoms with Gasteiger partial charge < -0.3 is 10.5 Å². The van der Waals surface area contributed by atoms with Crippen LogP contribution in [0, 0.1) is 0 Å². The van der Waals surface area contributed by atoms with E-state index in [1.165, 1.54) is 30.4 Å². The summed E-state index contributed by atoms with van der Waals surface area (Å²) in [5.74, 6) is 0.908. The van der Waals surface area contributed by atoms with Gasteiger partial charge in [-0.2, -0.15) is 0 Å². The molecular formula is C25H27N3O2. The SMILES string of the molecule is NC(=O)c1cccnc1Oc1ccc(CN2CCCCC(c3ccccc3)C2)cc1. The molecule has 1 aliphatic rings. The highest BCUT2D eigenvalue weighted by Crippen LogP contribution is 2.28. The van der Waals surface area contributed by atoms with Crippen LogP contribution in [0.3, 0.4) is 0 Å². The van der Waals surface area contributed by atoms with Gasteiger partial charge in [-0.25, -0.2) is 4.98 Å². The Morgan fingerprint density at radius 1 is 1.03 bits per heavy atom. The first-order valence-electron chi connectivity index (χ1n) is 10.5. The predicted octanol–water partition coefficient (Wildman–Crippen LogP) is 4.74. The van der Waals surface area contributed by atoms with Crippen molar-refractivity contribution in [3.8, 4) is 11.6 Å². The summed E-state index contributed by atoms with van der Waals surface area (Å²) in [7, 11) is 0. The minimum absolute atomic E-state index is 0.232. The number of carbonyl (C=O) groups excluding carboxylic acids is 1. The summed E-state index contributed by atoms with van der Waals surface area (Å²) in [6, 6.07) is 22.1. The van der Waals surface area contributed by atoms with Crippen LogP contribution in [0.25, 0.3) is 0 Å². The van der Waals surface area contributed by atoms with Crippen molar-refractivity contribution in [2.24, 2.45) is 5.73 Å². The van der Waals surface area contributed by atoms with Crippen LogP contribution in [0.1, 0.15) is 46.7 Å². The lowest BCUT2D eigenvalue weighted by molar-refractivity contribution is 0.0997. The number of benzene rings is 2. The van der Waals surface area contributed by atoms with Gasteiger partial charge in [0.2, 0.25) is 5.88 Å². The number of carbonyl (C=O) groups is 1. The number of primary amides is 1. The van der Waals surface area contributed by atoms with Gasteiger partial charge in [-0.3, -0.25) is 9.69 Å². The van der Waals surface area contributed by atoms with E-state index in [1.54, 1.807) is 18.3 Å². The fraction of sp³-hybridized carbons (Fsp3) is 0.280. The molecule has 2 heterocycles. The van der Waals surface area contributed by atoms with Crippen LogP contribution in [-0.4, -0.2) is 28.9 Å². The van der Waals surface area contributed by atoms with Crippen LogP contribution >= 0.6 is 0 Å². The van der Waals surface area contributed by atoms with Gasteiger partial charge in [0, 0.05) is 19.3 Å². The lowest BCUT2D eigenvalue weighted by atomic mass is 9.94. The standard InChI is InChI=1S/C25H27N3O2/c26-24(29)23-10-6-15-27-25(23)30-22-13-11-19(12-14-22)17-28-16-5-4-9-21(18-28)20-7-2-1-3-8-20/h1-3,6-8,10-15,21H,4-5,9,16-18H2,(H2,26,29). The number of amides is 1. The Morgan fingerprint density at radius 2 is 1.83 bits per heavy atom. The quantitative estimate of drug-likeness (QED) is 0.648. The second kappa shape index (κ2) is 9.55. The Kier molecular flexibility index (Phi) is 6.40. The van der Waals surface area contributed by atoms with Crippen LogP contribution in [-0.2, 0) is 6.54 Å². The molecule has 4 rings (SSSR count). The summed E-state index contributed by atoms with van der Waals surface area (Å²) in [6.45, 7) is 3.12. The van der Waals surface area contributed by atoms with E-state index >= 15 is 0 Å². The third-order valence-corrected chi connectivity index (χ3v) is 5.61. The topological polar surface area (TPSA) is 68.5 Å². The van der Waals surface area contributed by atoms with Crippen molar-refractivity contribution in [1.29, 1.82) is 0 Å². The molecule has 2 N–H and O–H groups in total. The van der Waals surface area contributed by atoms with Gasteiger partial charge in [-0.05, 0) is 60.7 Å². The molecule has 1 fully saturated rings. The van der Waals surface area contributed by atoms with Crippen molar-refractivity contribution >= 4 is 5.91 Å². The molecule has 0 bridgehead atoms. The number of hydrogen-bond acceptors (Lipinski definition) is 4. The van der Waals surface area contributed by atoms with Gasteiger partial charge in [-0.15, -0.1) is 0 Å². The molecule has 0 aliphatic carbocycles. The third-order valence-electron chi connectivity index (χ3n) is 5.61. The zero-order valence-corrected chi connectivity index (χ0v) is 17.0. The highest BCUT2D eigenvalue weighted by Gasteiger charge is 2.19. The molecule has 3 aromatic rings. The minimum atomic E-state index is -0.552. The number of pyridine rings is 1. The number of nitrogens with two attached hydrogens (primary N) is 1. The molecule has 1 saturated heterocycles. The van der Waals surface area contributed by atoms with Crippen molar-refractivity contribution in [1.82, 2.24) is 9.88 Å². The van der Waals surface area contributed by atoms with Gasteiger partial charge in [0.25, 0.3) is 5.91 Å². The molecule has 1 aliphatic heterocycles. The summed E-state index contributed by atoms with van der Waals surface area (Å²) in [5.41, 5.74) is 8.36. The van der Waals surface area contributed by atoms with Crippen LogP contribution in [0.4, 0.5) is 0 Å². The van der Waals surface area contributed by atoms with E-state index in [0.29, 0.717) is 11.7 Å². The Hall–Kier alpha value is -3.18. The summed E-state index contributed by atoms with van der Waals surface area (Å²) in [5, 5.41) is 0. The number of rotatable bonds is 6. The van der Waals surface area contributed by atoms with Crippen LogP contribution in [0.15, 0.2) is 72.9 Å². The summed E-state index contributed by atoms with van der Waals surface area (Å²) >= 11 is 0. The monoisotopic (exact) mass is 401 g/mol. The normalized spacial score (nSPS) is 17.3. The maximum absolute atomic E-state index is 11.5. The second-order valence-electron chi connectivity index (χ2n) is 7.80. The molecule has 1 atom stereocenters. The van der Waals surface area contributed by atoms with Crippen molar-refractivity contribution in [2.45, 2.75) is 31.7 Å². The van der Waals surface area contributed by atoms with Gasteiger partial charge in [-0.1, -0.05) is 48.9 Å². The first kappa shape index (κ1) is 20.1. The van der Waals surface area contributed by atoms with E-state index in [4.69, 9.17) is 10.5 Å². The van der Waals surface area contributed by atoms with Gasteiger partial charge in [0.1, 0.15) is 11.3 Å². The lowest BCUT2D eigenvalue weighted by Gasteiger charge is -2.24. The highest BCUT2D eigenvalue weighted by molar-refractivity contribution is 5.95. The van der Waals surface area contributed by atoms with E-state index in [9.17, 15) is 4.79 Å². The molecule has 0 radical (unpaired) electrons. The molecule has 154 valence electrons. The smallest absolute Gasteiger partial charge is 0.254 e. The first-order chi connectivity index (χ1) is 14.7. The highest BCUT2D eigenvalue weighted by atomic mass is 16.5. The summed E-state index contributed by atoms with van der Waals surface area (Å²) < 4.78 is 5.79. The summed E-state index contributed by atoms with van der Waals surface area (Å²) in [6.07, 6.45) is 5.34. The minimum Gasteiger partial charge on any atom is -0.438 e. The zero-order valence-electron chi connectivity index (χ0n) is 17.0. The van der Waals surface area contributed by atoms with E-state index < -0.39 is 5.91 Å². The number of aromatic nitrogens is 1. The molecule has 0 spiro atoms. The predicted molar refractivity (Wildman–Crippen MR) is 118 cm³/mol. The third kappa shape index (κ3) is 5.05. The molecule has 1 aromatic heterocycles. The van der Waals surface area contributed by atoms with Gasteiger partial charge in [0.05, 0.1) is 0 Å². The van der Waals surface area contributed by atoms with E-state index in [0.717, 1.165) is 19.6 Å². The number of hydrogen-bond donors (Lipinski definition) is 1. The van der Waals surface area contributed by atoms with Crippen molar-refractivity contribution in [3.05, 3.63) is 89.6 Å². The van der Waals surface area contributed by atoms with Crippen molar-refractivity contribution < 1.29 is 9.53 Å². The second-order valence-corrected chi connectivity index (χ2v) is 7.80. The fourth-order valence-electron chi connectivity index (χ4n) is 4.05. The Labute approximate surface area is 177 Å². The maximum atomic E-state index is 11.5. The fourth-order valence-corrected chi connectivity index (χ4v) is 4.05. The van der Waals surface area contributed by atoms with Gasteiger partial charge >= 0.3 is 0 Å². The average molecular weight is 402 g/mol. The number of ether oxygens (including phenoxy) is 1. The zero-order chi connectivity index (χ0) is 20.8. The summed E-state index contributed by atoms with van der Waals surface area (Å²) in [4.78, 5) is 18.2.